The molecule has 0 fully saturated rings. The fraction of sp³-hybridized carbons (Fsp3) is 0.0455. The predicted molar refractivity (Wildman–Crippen MR) is 112 cm³/mol. The first kappa shape index (κ1) is 17.9. The van der Waals surface area contributed by atoms with Crippen LogP contribution in [0.1, 0.15) is 11.3 Å². The number of halogens is 1. The number of aryl methyl sites for hydroxylation is 1. The Kier molecular flexibility index (Phi) is 4.67. The Balaban J connectivity index is 1.99. The van der Waals surface area contributed by atoms with Crippen LogP contribution in [0.25, 0.3) is 16.5 Å². The van der Waals surface area contributed by atoms with Crippen molar-refractivity contribution in [3.63, 3.8) is 0 Å². The highest BCUT2D eigenvalue weighted by Gasteiger charge is 2.16. The van der Waals surface area contributed by atoms with Crippen LogP contribution in [0.2, 0.25) is 5.02 Å². The number of hydrogen-bond donors (Lipinski definition) is 1. The molecule has 0 spiro atoms. The summed E-state index contributed by atoms with van der Waals surface area (Å²) in [4.78, 5) is 21.7. The second-order valence-electron chi connectivity index (χ2n) is 6.32. The zero-order valence-corrected chi connectivity index (χ0v) is 15.8. The number of benzene rings is 2. The van der Waals surface area contributed by atoms with Gasteiger partial charge in [0.05, 0.1) is 16.9 Å². The first-order valence-corrected chi connectivity index (χ1v) is 9.02. The van der Waals surface area contributed by atoms with E-state index < -0.39 is 0 Å². The van der Waals surface area contributed by atoms with E-state index in [1.54, 1.807) is 60.9 Å². The lowest BCUT2D eigenvalue weighted by molar-refractivity contribution is 0.436. The number of aromatic hydroxyl groups is 1. The molecule has 1 N–H and O–H groups in total. The number of fused-ring (bicyclic) bond motifs is 1. The maximum absolute atomic E-state index is 13.0. The van der Waals surface area contributed by atoms with Crippen LogP contribution in [0.4, 0.5) is 5.69 Å². The van der Waals surface area contributed by atoms with Crippen LogP contribution < -0.4 is 5.56 Å². The molecule has 5 nitrogen and oxygen atoms in total. The molecule has 0 aliphatic heterocycles. The lowest BCUT2D eigenvalue weighted by Gasteiger charge is -2.14. The van der Waals surface area contributed by atoms with Gasteiger partial charge in [0.1, 0.15) is 0 Å². The zero-order chi connectivity index (χ0) is 19.7. The minimum absolute atomic E-state index is 0.194. The molecule has 4 rings (SSSR count). The Hall–Kier alpha value is -3.44. The number of aromatic nitrogens is 2. The quantitative estimate of drug-likeness (QED) is 0.511. The fourth-order valence-electron chi connectivity index (χ4n) is 3.09. The van der Waals surface area contributed by atoms with Crippen LogP contribution in [0.5, 0.6) is 5.88 Å². The van der Waals surface area contributed by atoms with E-state index in [-0.39, 0.29) is 11.4 Å². The Morgan fingerprint density at radius 1 is 1.07 bits per heavy atom. The van der Waals surface area contributed by atoms with Crippen molar-refractivity contribution in [2.75, 3.05) is 0 Å². The van der Waals surface area contributed by atoms with Crippen LogP contribution in [0, 0.1) is 6.92 Å². The summed E-state index contributed by atoms with van der Waals surface area (Å²) >= 11 is 6.08. The Morgan fingerprint density at radius 2 is 1.86 bits per heavy atom. The van der Waals surface area contributed by atoms with Gasteiger partial charge in [-0.05, 0) is 43.3 Å². The molecule has 6 heteroatoms. The summed E-state index contributed by atoms with van der Waals surface area (Å²) in [5, 5.41) is 12.5. The summed E-state index contributed by atoms with van der Waals surface area (Å²) < 4.78 is 1.24. The van der Waals surface area contributed by atoms with Gasteiger partial charge in [0.15, 0.2) is 0 Å². The first-order chi connectivity index (χ1) is 13.5. The molecular formula is C22H16ClN3O2. The van der Waals surface area contributed by atoms with E-state index in [9.17, 15) is 9.90 Å². The van der Waals surface area contributed by atoms with Gasteiger partial charge in [0.2, 0.25) is 5.88 Å². The largest absolute Gasteiger partial charge is 0.494 e. The van der Waals surface area contributed by atoms with Gasteiger partial charge in [0, 0.05) is 33.9 Å². The van der Waals surface area contributed by atoms with Crippen molar-refractivity contribution in [3.05, 3.63) is 93.5 Å². The van der Waals surface area contributed by atoms with Gasteiger partial charge in [-0.3, -0.25) is 14.8 Å². The molecule has 2 aromatic carbocycles. The fourth-order valence-corrected chi connectivity index (χ4v) is 3.28. The maximum atomic E-state index is 13.0. The van der Waals surface area contributed by atoms with E-state index in [1.165, 1.54) is 4.57 Å². The highest BCUT2D eigenvalue weighted by molar-refractivity contribution is 6.30. The van der Waals surface area contributed by atoms with Crippen molar-refractivity contribution in [2.24, 2.45) is 4.99 Å². The third-order valence-corrected chi connectivity index (χ3v) is 4.63. The molecule has 4 aromatic rings. The Bertz CT molecular complexity index is 1280. The first-order valence-electron chi connectivity index (χ1n) is 8.64. The summed E-state index contributed by atoms with van der Waals surface area (Å²) in [6, 6.07) is 17.5. The number of hydrogen-bond acceptors (Lipinski definition) is 4. The number of rotatable bonds is 3. The zero-order valence-electron chi connectivity index (χ0n) is 15.0. The number of nitrogens with zero attached hydrogens (tertiary/aromatic N) is 3. The Labute approximate surface area is 166 Å². The molecule has 0 amide bonds. The molecule has 0 saturated carbocycles. The van der Waals surface area contributed by atoms with Crippen molar-refractivity contribution >= 4 is 34.3 Å². The van der Waals surface area contributed by atoms with Crippen molar-refractivity contribution in [1.82, 2.24) is 9.55 Å². The number of aliphatic imine (C=N–C) groups is 1. The summed E-state index contributed by atoms with van der Waals surface area (Å²) in [6.07, 6.45) is 3.24. The standard InChI is InChI=1S/C22H16ClN3O2/c1-14-11-16(9-10-24-14)25-13-20-18-7-2-3-8-19(18)21(27)26(22(20)28)17-6-4-5-15(23)12-17/h2-13,28H,1H3. The molecule has 0 bridgehead atoms. The van der Waals surface area contributed by atoms with E-state index in [1.807, 2.05) is 19.1 Å². The van der Waals surface area contributed by atoms with Crippen LogP contribution in [0.3, 0.4) is 0 Å². The van der Waals surface area contributed by atoms with Crippen molar-refractivity contribution in [2.45, 2.75) is 6.92 Å². The van der Waals surface area contributed by atoms with Crippen molar-refractivity contribution < 1.29 is 5.11 Å². The maximum Gasteiger partial charge on any atom is 0.265 e. The van der Waals surface area contributed by atoms with Gasteiger partial charge in [-0.1, -0.05) is 35.9 Å². The number of pyridine rings is 2. The molecule has 0 radical (unpaired) electrons. The van der Waals surface area contributed by atoms with Gasteiger partial charge in [0.25, 0.3) is 5.56 Å². The molecular weight excluding hydrogens is 374 g/mol. The summed E-state index contributed by atoms with van der Waals surface area (Å²) in [5.41, 5.74) is 2.15. The van der Waals surface area contributed by atoms with Gasteiger partial charge < -0.3 is 5.11 Å². The third-order valence-electron chi connectivity index (χ3n) is 4.39. The molecule has 28 heavy (non-hydrogen) atoms. The van der Waals surface area contributed by atoms with E-state index in [0.717, 1.165) is 5.69 Å². The SMILES string of the molecule is Cc1cc(N=Cc2c(O)n(-c3cccc(Cl)c3)c(=O)c3ccccc23)ccn1. The highest BCUT2D eigenvalue weighted by atomic mass is 35.5. The summed E-state index contributed by atoms with van der Waals surface area (Å²) in [6.45, 7) is 1.88. The minimum atomic E-state index is -0.327. The lowest BCUT2D eigenvalue weighted by atomic mass is 10.1. The van der Waals surface area contributed by atoms with Crippen LogP contribution in [0.15, 0.2) is 76.6 Å². The van der Waals surface area contributed by atoms with Gasteiger partial charge in [-0.15, -0.1) is 0 Å². The molecule has 0 saturated heterocycles. The van der Waals surface area contributed by atoms with Crippen LogP contribution in [-0.2, 0) is 0 Å². The Morgan fingerprint density at radius 3 is 2.61 bits per heavy atom. The third kappa shape index (κ3) is 3.28. The van der Waals surface area contributed by atoms with E-state index >= 15 is 0 Å². The monoisotopic (exact) mass is 389 g/mol. The molecule has 0 aliphatic carbocycles. The molecule has 138 valence electrons. The van der Waals surface area contributed by atoms with E-state index in [0.29, 0.717) is 32.7 Å². The van der Waals surface area contributed by atoms with Crippen LogP contribution >= 0.6 is 11.6 Å². The molecule has 2 heterocycles. The van der Waals surface area contributed by atoms with Gasteiger partial charge in [-0.2, -0.15) is 0 Å². The normalized spacial score (nSPS) is 11.4. The van der Waals surface area contributed by atoms with Gasteiger partial charge >= 0.3 is 0 Å². The van der Waals surface area contributed by atoms with Crippen LogP contribution in [-0.4, -0.2) is 20.9 Å². The topological polar surface area (TPSA) is 67.5 Å². The van der Waals surface area contributed by atoms with Gasteiger partial charge in [-0.25, -0.2) is 4.57 Å². The van der Waals surface area contributed by atoms with E-state index in [4.69, 9.17) is 11.6 Å². The average molecular weight is 390 g/mol. The van der Waals surface area contributed by atoms with Crippen molar-refractivity contribution in [1.29, 1.82) is 0 Å². The predicted octanol–water partition coefficient (Wildman–Crippen LogP) is 4.80. The molecule has 0 atom stereocenters. The van der Waals surface area contributed by atoms with E-state index in [2.05, 4.69) is 9.98 Å². The van der Waals surface area contributed by atoms with Crippen molar-refractivity contribution in [3.8, 4) is 11.6 Å². The molecule has 0 aliphatic rings. The molecule has 0 unspecified atom stereocenters. The molecule has 2 aromatic heterocycles. The smallest absolute Gasteiger partial charge is 0.265 e. The second kappa shape index (κ2) is 7.29. The highest BCUT2D eigenvalue weighted by Crippen LogP contribution is 2.27. The average Bonchev–Trinajstić information content (AvgIpc) is 2.68. The minimum Gasteiger partial charge on any atom is -0.494 e. The summed E-state index contributed by atoms with van der Waals surface area (Å²) in [5.74, 6) is -0.194. The second-order valence-corrected chi connectivity index (χ2v) is 6.75. The summed E-state index contributed by atoms with van der Waals surface area (Å²) in [7, 11) is 0. The lowest BCUT2D eigenvalue weighted by Crippen LogP contribution is -2.20.